The molecule has 23 heavy (non-hydrogen) atoms. The average Bonchev–Trinajstić information content (AvgIpc) is 2.90. The molecule has 6 heteroatoms. The van der Waals surface area contributed by atoms with Gasteiger partial charge >= 0.3 is 5.97 Å². The number of esters is 1. The zero-order chi connectivity index (χ0) is 17.0. The van der Waals surface area contributed by atoms with Gasteiger partial charge in [0.2, 0.25) is 5.88 Å². The molecule has 2 aromatic rings. The lowest BCUT2D eigenvalue weighted by Crippen LogP contribution is -2.08. The van der Waals surface area contributed by atoms with Crippen LogP contribution in [0, 0.1) is 11.3 Å². The predicted octanol–water partition coefficient (Wildman–Crippen LogP) is 3.49. The van der Waals surface area contributed by atoms with E-state index in [9.17, 15) is 10.1 Å². The number of hydrogen-bond donors (Lipinski definition) is 1. The number of nitriles is 1. The number of nitrogens with zero attached hydrogens (tertiary/aromatic N) is 2. The van der Waals surface area contributed by atoms with Crippen LogP contribution in [0.5, 0.6) is 11.6 Å². The van der Waals surface area contributed by atoms with E-state index in [0.29, 0.717) is 28.6 Å². The summed E-state index contributed by atoms with van der Waals surface area (Å²) in [4.78, 5) is 11.4. The van der Waals surface area contributed by atoms with Gasteiger partial charge in [-0.2, -0.15) is 5.26 Å². The lowest BCUT2D eigenvalue weighted by molar-refractivity contribution is 0.0600. The van der Waals surface area contributed by atoms with Crippen molar-refractivity contribution in [2.75, 3.05) is 12.8 Å². The first kappa shape index (κ1) is 16.4. The first-order chi connectivity index (χ1) is 11.0. The number of ether oxygens (including phenoxy) is 2. The van der Waals surface area contributed by atoms with E-state index in [0.717, 1.165) is 6.42 Å². The van der Waals surface area contributed by atoms with Gasteiger partial charge in [0.1, 0.15) is 17.5 Å². The van der Waals surface area contributed by atoms with E-state index in [-0.39, 0.29) is 6.04 Å². The Hall–Kier alpha value is -2.94. The molecule has 0 aliphatic heterocycles. The van der Waals surface area contributed by atoms with Crippen molar-refractivity contribution in [3.63, 3.8) is 0 Å². The number of aromatic nitrogens is 1. The highest BCUT2D eigenvalue weighted by Gasteiger charge is 2.19. The maximum absolute atomic E-state index is 11.4. The van der Waals surface area contributed by atoms with Crippen molar-refractivity contribution < 1.29 is 14.3 Å². The SMILES string of the molecule is CCC(C)n1c(C#N)cc(N)c1Oc1ccc(C(=O)OC)cc1. The standard InChI is InChI=1S/C17H19N3O3/c1-4-11(2)20-13(10-18)9-15(19)16(20)23-14-7-5-12(6-8-14)17(21)22-3/h5-9,11H,4,19H2,1-3H3. The van der Waals surface area contributed by atoms with Crippen molar-refractivity contribution >= 4 is 11.7 Å². The minimum atomic E-state index is -0.411. The molecular weight excluding hydrogens is 294 g/mol. The van der Waals surface area contributed by atoms with Crippen LogP contribution in [-0.2, 0) is 4.74 Å². The molecule has 1 atom stereocenters. The van der Waals surface area contributed by atoms with Crippen molar-refractivity contribution in [1.29, 1.82) is 5.26 Å². The molecule has 2 rings (SSSR count). The van der Waals surface area contributed by atoms with E-state index in [1.54, 1.807) is 34.9 Å². The summed E-state index contributed by atoms with van der Waals surface area (Å²) in [7, 11) is 1.33. The van der Waals surface area contributed by atoms with Gasteiger partial charge in [-0.3, -0.25) is 4.57 Å². The number of nitrogens with two attached hydrogens (primary N) is 1. The van der Waals surface area contributed by atoms with Crippen molar-refractivity contribution in [2.24, 2.45) is 0 Å². The molecule has 0 fully saturated rings. The molecule has 0 saturated heterocycles. The van der Waals surface area contributed by atoms with Gasteiger partial charge in [0.25, 0.3) is 0 Å². The highest BCUT2D eigenvalue weighted by Crippen LogP contribution is 2.34. The Morgan fingerprint density at radius 1 is 1.39 bits per heavy atom. The molecule has 120 valence electrons. The number of carbonyl (C=O) groups is 1. The van der Waals surface area contributed by atoms with Gasteiger partial charge in [-0.15, -0.1) is 0 Å². The molecule has 0 bridgehead atoms. The summed E-state index contributed by atoms with van der Waals surface area (Å²) in [5.41, 5.74) is 7.28. The molecule has 0 radical (unpaired) electrons. The second-order valence-corrected chi connectivity index (χ2v) is 5.15. The Labute approximate surface area is 135 Å². The van der Waals surface area contributed by atoms with Crippen molar-refractivity contribution in [1.82, 2.24) is 4.57 Å². The molecule has 1 aromatic carbocycles. The van der Waals surface area contributed by atoms with Crippen LogP contribution in [0.25, 0.3) is 0 Å². The van der Waals surface area contributed by atoms with Gasteiger partial charge in [0.05, 0.1) is 18.4 Å². The summed E-state index contributed by atoms with van der Waals surface area (Å²) in [6, 6.07) is 10.3. The second-order valence-electron chi connectivity index (χ2n) is 5.15. The smallest absolute Gasteiger partial charge is 0.337 e. The van der Waals surface area contributed by atoms with Crippen LogP contribution in [0.3, 0.4) is 0 Å². The molecule has 1 unspecified atom stereocenters. The van der Waals surface area contributed by atoms with Crippen LogP contribution in [0.2, 0.25) is 0 Å². The molecule has 0 spiro atoms. The number of carbonyl (C=O) groups excluding carboxylic acids is 1. The molecule has 1 aromatic heterocycles. The summed E-state index contributed by atoms with van der Waals surface area (Å²) in [5.74, 6) is 0.545. The van der Waals surface area contributed by atoms with E-state index in [1.807, 2.05) is 13.8 Å². The number of benzene rings is 1. The van der Waals surface area contributed by atoms with E-state index in [1.165, 1.54) is 7.11 Å². The van der Waals surface area contributed by atoms with Crippen LogP contribution >= 0.6 is 0 Å². The maximum atomic E-state index is 11.4. The van der Waals surface area contributed by atoms with Gasteiger partial charge in [-0.1, -0.05) is 6.92 Å². The summed E-state index contributed by atoms with van der Waals surface area (Å²) in [6.07, 6.45) is 0.834. The fourth-order valence-electron chi connectivity index (χ4n) is 2.23. The Morgan fingerprint density at radius 2 is 2.04 bits per heavy atom. The summed E-state index contributed by atoms with van der Waals surface area (Å²) in [6.45, 7) is 4.02. The van der Waals surface area contributed by atoms with Gasteiger partial charge in [-0.25, -0.2) is 4.79 Å². The number of anilines is 1. The van der Waals surface area contributed by atoms with Gasteiger partial charge in [-0.05, 0) is 37.6 Å². The van der Waals surface area contributed by atoms with Gasteiger partial charge in [0, 0.05) is 12.1 Å². The minimum absolute atomic E-state index is 0.0753. The lowest BCUT2D eigenvalue weighted by Gasteiger charge is -2.17. The highest BCUT2D eigenvalue weighted by atomic mass is 16.5. The quantitative estimate of drug-likeness (QED) is 0.853. The van der Waals surface area contributed by atoms with Crippen LogP contribution in [-0.4, -0.2) is 17.6 Å². The number of nitrogen functional groups attached to an aromatic ring is 1. The second kappa shape index (κ2) is 6.88. The highest BCUT2D eigenvalue weighted by molar-refractivity contribution is 5.89. The van der Waals surface area contributed by atoms with Crippen LogP contribution in [0.15, 0.2) is 30.3 Å². The summed E-state index contributed by atoms with van der Waals surface area (Å²) >= 11 is 0. The van der Waals surface area contributed by atoms with Crippen molar-refractivity contribution in [3.05, 3.63) is 41.6 Å². The number of methoxy groups -OCH3 is 1. The van der Waals surface area contributed by atoms with Crippen molar-refractivity contribution in [2.45, 2.75) is 26.3 Å². The third-order valence-corrected chi connectivity index (χ3v) is 3.65. The first-order valence-corrected chi connectivity index (χ1v) is 7.28. The molecule has 2 N–H and O–H groups in total. The normalized spacial score (nSPS) is 11.6. The third-order valence-electron chi connectivity index (χ3n) is 3.65. The monoisotopic (exact) mass is 313 g/mol. The molecular formula is C17H19N3O3. The third kappa shape index (κ3) is 3.29. The predicted molar refractivity (Wildman–Crippen MR) is 86.4 cm³/mol. The number of hydrogen-bond acceptors (Lipinski definition) is 5. The van der Waals surface area contributed by atoms with Gasteiger partial charge in [0.15, 0.2) is 0 Å². The molecule has 0 aliphatic rings. The average molecular weight is 313 g/mol. The zero-order valence-corrected chi connectivity index (χ0v) is 13.4. The molecule has 0 amide bonds. The van der Waals surface area contributed by atoms with E-state index < -0.39 is 5.97 Å². The fourth-order valence-corrected chi connectivity index (χ4v) is 2.23. The molecule has 6 nitrogen and oxygen atoms in total. The zero-order valence-electron chi connectivity index (χ0n) is 13.4. The maximum Gasteiger partial charge on any atom is 0.337 e. The van der Waals surface area contributed by atoms with Crippen molar-refractivity contribution in [3.8, 4) is 17.7 Å². The molecule has 0 saturated carbocycles. The van der Waals surface area contributed by atoms with Crippen LogP contribution in [0.1, 0.15) is 42.4 Å². The Morgan fingerprint density at radius 3 is 2.57 bits per heavy atom. The van der Waals surface area contributed by atoms with E-state index in [4.69, 9.17) is 10.5 Å². The molecule has 0 aliphatic carbocycles. The summed E-state index contributed by atoms with van der Waals surface area (Å²) in [5, 5.41) is 9.26. The van der Waals surface area contributed by atoms with E-state index in [2.05, 4.69) is 10.8 Å². The van der Waals surface area contributed by atoms with Crippen LogP contribution < -0.4 is 10.5 Å². The van der Waals surface area contributed by atoms with E-state index >= 15 is 0 Å². The number of rotatable bonds is 5. The summed E-state index contributed by atoms with van der Waals surface area (Å²) < 4.78 is 12.3. The largest absolute Gasteiger partial charge is 0.465 e. The van der Waals surface area contributed by atoms with Gasteiger partial charge < -0.3 is 15.2 Å². The molecule has 1 heterocycles. The first-order valence-electron chi connectivity index (χ1n) is 7.28. The Balaban J connectivity index is 2.35. The Bertz CT molecular complexity index is 742. The van der Waals surface area contributed by atoms with Crippen LogP contribution in [0.4, 0.5) is 5.69 Å². The fraction of sp³-hybridized carbons (Fsp3) is 0.294. The topological polar surface area (TPSA) is 90.3 Å². The Kier molecular flexibility index (Phi) is 4.91. The minimum Gasteiger partial charge on any atom is -0.465 e. The lowest BCUT2D eigenvalue weighted by atomic mass is 10.2.